The van der Waals surface area contributed by atoms with Crippen molar-refractivity contribution in [2.45, 2.75) is 12.5 Å². The third kappa shape index (κ3) is 5.60. The number of benzene rings is 1. The van der Waals surface area contributed by atoms with Gasteiger partial charge in [-0.3, -0.25) is 0 Å². The summed E-state index contributed by atoms with van der Waals surface area (Å²) in [6.07, 6.45) is 1.33. The van der Waals surface area contributed by atoms with Crippen molar-refractivity contribution in [3.63, 3.8) is 0 Å². The number of carbonyl (C=O) groups is 1. The topological polar surface area (TPSA) is 93.0 Å². The molecule has 1 atom stereocenters. The molecule has 0 aliphatic heterocycles. The van der Waals surface area contributed by atoms with E-state index in [0.29, 0.717) is 30.4 Å². The molecule has 3 N–H and O–H groups in total. The van der Waals surface area contributed by atoms with Crippen LogP contribution in [0.3, 0.4) is 0 Å². The molecule has 1 heterocycles. The van der Waals surface area contributed by atoms with Crippen molar-refractivity contribution in [1.29, 1.82) is 0 Å². The molecule has 1 aromatic carbocycles. The van der Waals surface area contributed by atoms with Gasteiger partial charge in [0.25, 0.3) is 0 Å². The zero-order valence-electron chi connectivity index (χ0n) is 13.5. The second-order valence-corrected chi connectivity index (χ2v) is 5.06. The minimum absolute atomic E-state index is 0.0379. The number of furan rings is 1. The Labute approximate surface area is 140 Å². The molecule has 0 spiro atoms. The first-order valence-corrected chi connectivity index (χ1v) is 7.68. The van der Waals surface area contributed by atoms with Crippen LogP contribution in [0.1, 0.15) is 18.3 Å². The smallest absolute Gasteiger partial charge is 0.319 e. The van der Waals surface area contributed by atoms with Gasteiger partial charge in [-0.2, -0.15) is 0 Å². The van der Waals surface area contributed by atoms with Gasteiger partial charge in [-0.05, 0) is 24.3 Å². The number of para-hydroxylation sites is 2. The first-order valence-electron chi connectivity index (χ1n) is 7.68. The minimum Gasteiger partial charge on any atom is -0.491 e. The standard InChI is InChI=1S/C17H22N2O5/c1-22-9-5-11-23-15-7-3-2-6-13(15)19-17(21)18-12-14(20)16-8-4-10-24-16/h2-4,6-8,10,14,20H,5,9,11-12H2,1H3,(H2,18,19,21). The Kier molecular flexibility index (Phi) is 7.13. The number of aliphatic hydroxyl groups is 1. The van der Waals surface area contributed by atoms with Crippen LogP contribution in [0.15, 0.2) is 47.1 Å². The fourth-order valence-electron chi connectivity index (χ4n) is 2.02. The van der Waals surface area contributed by atoms with Crippen LogP contribution in [0.25, 0.3) is 0 Å². The molecular weight excluding hydrogens is 312 g/mol. The van der Waals surface area contributed by atoms with E-state index in [2.05, 4.69) is 10.6 Å². The van der Waals surface area contributed by atoms with Crippen LogP contribution in [0, 0.1) is 0 Å². The Morgan fingerprint density at radius 1 is 1.25 bits per heavy atom. The molecular formula is C17H22N2O5. The van der Waals surface area contributed by atoms with Crippen molar-refractivity contribution in [3.05, 3.63) is 48.4 Å². The van der Waals surface area contributed by atoms with Crippen molar-refractivity contribution < 1.29 is 23.8 Å². The lowest BCUT2D eigenvalue weighted by Crippen LogP contribution is -2.32. The maximum atomic E-state index is 12.0. The summed E-state index contributed by atoms with van der Waals surface area (Å²) >= 11 is 0. The van der Waals surface area contributed by atoms with E-state index < -0.39 is 12.1 Å². The molecule has 2 aromatic rings. The van der Waals surface area contributed by atoms with Crippen molar-refractivity contribution in [1.82, 2.24) is 5.32 Å². The Morgan fingerprint density at radius 3 is 2.83 bits per heavy atom. The van der Waals surface area contributed by atoms with Gasteiger partial charge in [0.05, 0.1) is 25.1 Å². The molecule has 2 amide bonds. The van der Waals surface area contributed by atoms with Crippen molar-refractivity contribution in [2.24, 2.45) is 0 Å². The van der Waals surface area contributed by atoms with Gasteiger partial charge >= 0.3 is 6.03 Å². The maximum absolute atomic E-state index is 12.0. The number of methoxy groups -OCH3 is 1. The van der Waals surface area contributed by atoms with E-state index in [4.69, 9.17) is 13.9 Å². The monoisotopic (exact) mass is 334 g/mol. The third-order valence-electron chi connectivity index (χ3n) is 3.21. The summed E-state index contributed by atoms with van der Waals surface area (Å²) < 4.78 is 15.7. The number of hydrogen-bond acceptors (Lipinski definition) is 5. The normalized spacial score (nSPS) is 11.8. The van der Waals surface area contributed by atoms with Gasteiger partial charge in [0.2, 0.25) is 0 Å². The highest BCUT2D eigenvalue weighted by Gasteiger charge is 2.13. The Hall–Kier alpha value is -2.51. The van der Waals surface area contributed by atoms with Crippen molar-refractivity contribution in [3.8, 4) is 5.75 Å². The molecule has 24 heavy (non-hydrogen) atoms. The van der Waals surface area contributed by atoms with Crippen LogP contribution in [0.5, 0.6) is 5.75 Å². The molecule has 7 heteroatoms. The number of nitrogens with one attached hydrogen (secondary N) is 2. The van der Waals surface area contributed by atoms with E-state index in [1.807, 2.05) is 6.07 Å². The van der Waals surface area contributed by atoms with E-state index in [-0.39, 0.29) is 6.54 Å². The Balaban J connectivity index is 1.82. The van der Waals surface area contributed by atoms with Crippen LogP contribution >= 0.6 is 0 Å². The quantitative estimate of drug-likeness (QED) is 0.613. The summed E-state index contributed by atoms with van der Waals surface area (Å²) in [5.74, 6) is 0.979. The summed E-state index contributed by atoms with van der Waals surface area (Å²) in [5, 5.41) is 15.2. The molecule has 130 valence electrons. The van der Waals surface area contributed by atoms with E-state index in [9.17, 15) is 9.90 Å². The molecule has 0 saturated carbocycles. The second kappa shape index (κ2) is 9.59. The lowest BCUT2D eigenvalue weighted by atomic mass is 10.2. The lowest BCUT2D eigenvalue weighted by Gasteiger charge is -2.14. The van der Waals surface area contributed by atoms with Crippen LogP contribution in [-0.2, 0) is 4.74 Å². The summed E-state index contributed by atoms with van der Waals surface area (Å²) in [6.45, 7) is 1.14. The molecule has 0 bridgehead atoms. The highest BCUT2D eigenvalue weighted by molar-refractivity contribution is 5.90. The zero-order valence-corrected chi connectivity index (χ0v) is 13.5. The van der Waals surface area contributed by atoms with Gasteiger partial charge in [-0.1, -0.05) is 12.1 Å². The number of carbonyl (C=O) groups excluding carboxylic acids is 1. The first-order chi connectivity index (χ1) is 11.7. The number of aliphatic hydroxyl groups excluding tert-OH is 1. The minimum atomic E-state index is -0.897. The van der Waals surface area contributed by atoms with Crippen molar-refractivity contribution in [2.75, 3.05) is 32.2 Å². The van der Waals surface area contributed by atoms with Crippen LogP contribution < -0.4 is 15.4 Å². The zero-order chi connectivity index (χ0) is 17.2. The van der Waals surface area contributed by atoms with E-state index in [1.54, 1.807) is 37.4 Å². The molecule has 0 radical (unpaired) electrons. The number of ether oxygens (including phenoxy) is 2. The largest absolute Gasteiger partial charge is 0.491 e. The molecule has 0 aliphatic rings. The second-order valence-electron chi connectivity index (χ2n) is 5.06. The fourth-order valence-corrected chi connectivity index (χ4v) is 2.02. The highest BCUT2D eigenvalue weighted by atomic mass is 16.5. The van der Waals surface area contributed by atoms with Crippen LogP contribution in [0.2, 0.25) is 0 Å². The van der Waals surface area contributed by atoms with E-state index in [1.165, 1.54) is 6.26 Å². The third-order valence-corrected chi connectivity index (χ3v) is 3.21. The number of rotatable bonds is 9. The maximum Gasteiger partial charge on any atom is 0.319 e. The SMILES string of the molecule is COCCCOc1ccccc1NC(=O)NCC(O)c1ccco1. The summed E-state index contributed by atoms with van der Waals surface area (Å²) in [5.41, 5.74) is 0.555. The van der Waals surface area contributed by atoms with Gasteiger partial charge in [-0.25, -0.2) is 4.79 Å². The Bertz CT molecular complexity index is 615. The van der Waals surface area contributed by atoms with E-state index >= 15 is 0 Å². The molecule has 0 aliphatic carbocycles. The molecule has 2 rings (SSSR count). The summed E-state index contributed by atoms with van der Waals surface area (Å²) in [6, 6.07) is 10.0. The number of amides is 2. The van der Waals surface area contributed by atoms with Gasteiger partial charge in [0, 0.05) is 20.1 Å². The Morgan fingerprint density at radius 2 is 2.08 bits per heavy atom. The first kappa shape index (κ1) is 17.8. The molecule has 0 saturated heterocycles. The fraction of sp³-hybridized carbons (Fsp3) is 0.353. The molecule has 1 unspecified atom stereocenters. The van der Waals surface area contributed by atoms with Gasteiger partial charge in [0.15, 0.2) is 0 Å². The predicted octanol–water partition coefficient (Wildman–Crippen LogP) is 2.55. The molecule has 7 nitrogen and oxygen atoms in total. The average Bonchev–Trinajstić information content (AvgIpc) is 3.12. The van der Waals surface area contributed by atoms with E-state index in [0.717, 1.165) is 6.42 Å². The molecule has 0 fully saturated rings. The van der Waals surface area contributed by atoms with Gasteiger partial charge in [-0.15, -0.1) is 0 Å². The molecule has 1 aromatic heterocycles. The number of urea groups is 1. The number of anilines is 1. The number of hydrogen-bond donors (Lipinski definition) is 3. The summed E-state index contributed by atoms with van der Waals surface area (Å²) in [7, 11) is 1.64. The lowest BCUT2D eigenvalue weighted by molar-refractivity contribution is 0.149. The van der Waals surface area contributed by atoms with Gasteiger partial charge < -0.3 is 29.6 Å². The van der Waals surface area contributed by atoms with Crippen LogP contribution in [-0.4, -0.2) is 38.0 Å². The van der Waals surface area contributed by atoms with Gasteiger partial charge in [0.1, 0.15) is 17.6 Å². The predicted molar refractivity (Wildman–Crippen MR) is 89.1 cm³/mol. The van der Waals surface area contributed by atoms with Crippen molar-refractivity contribution >= 4 is 11.7 Å². The average molecular weight is 334 g/mol. The highest BCUT2D eigenvalue weighted by Crippen LogP contribution is 2.23. The summed E-state index contributed by atoms with van der Waals surface area (Å²) in [4.78, 5) is 12.0. The van der Waals surface area contributed by atoms with Crippen LogP contribution in [0.4, 0.5) is 10.5 Å².